The van der Waals surface area contributed by atoms with Crippen molar-refractivity contribution in [2.75, 3.05) is 14.2 Å². The normalized spacial score (nSPS) is 12.1. The van der Waals surface area contributed by atoms with E-state index in [1.807, 2.05) is 36.9 Å². The van der Waals surface area contributed by atoms with Gasteiger partial charge in [0.05, 0.1) is 30.3 Å². The highest BCUT2D eigenvalue weighted by atomic mass is 35.5. The molecule has 0 unspecified atom stereocenters. The number of hydrogen-bond acceptors (Lipinski definition) is 5. The second-order valence-electron chi connectivity index (χ2n) is 8.43. The smallest absolute Gasteiger partial charge is 0.269 e. The minimum Gasteiger partial charge on any atom is -0.493 e. The number of hydrogen-bond donors (Lipinski definition) is 0. The number of alkyl halides is 2. The van der Waals surface area contributed by atoms with E-state index in [1.165, 1.54) is 10.2 Å². The SMILES string of the molecule is COc1cc2c(-c3cc4c(C(Cl)Cl)ccnc4n3S(=O)(=O)c3ccc(C)cc3)cn(C)c2cc1OC. The lowest BCUT2D eigenvalue weighted by Gasteiger charge is -2.12. The maximum atomic E-state index is 14.1. The van der Waals surface area contributed by atoms with Gasteiger partial charge in [0.25, 0.3) is 10.0 Å². The molecule has 0 spiro atoms. The molecule has 5 rings (SSSR count). The summed E-state index contributed by atoms with van der Waals surface area (Å²) in [6, 6.07) is 13.9. The average molecular weight is 544 g/mol. The van der Waals surface area contributed by atoms with Crippen LogP contribution in [0, 0.1) is 6.92 Å². The van der Waals surface area contributed by atoms with Crippen molar-refractivity contribution in [2.45, 2.75) is 16.7 Å². The number of pyridine rings is 1. The van der Waals surface area contributed by atoms with E-state index in [1.54, 1.807) is 50.6 Å². The zero-order valence-corrected chi connectivity index (χ0v) is 22.3. The molecule has 0 fully saturated rings. The summed E-state index contributed by atoms with van der Waals surface area (Å²) >= 11 is 12.5. The number of nitrogens with zero attached hydrogens (tertiary/aromatic N) is 3. The lowest BCUT2D eigenvalue weighted by molar-refractivity contribution is 0.355. The van der Waals surface area contributed by atoms with Gasteiger partial charge in [-0.05, 0) is 42.8 Å². The monoisotopic (exact) mass is 543 g/mol. The van der Waals surface area contributed by atoms with E-state index in [-0.39, 0.29) is 10.5 Å². The third-order valence-electron chi connectivity index (χ3n) is 6.26. The molecule has 3 aromatic heterocycles. The van der Waals surface area contributed by atoms with E-state index in [0.717, 1.165) is 16.5 Å². The number of ether oxygens (including phenoxy) is 2. The molecule has 0 aliphatic carbocycles. The number of aryl methyl sites for hydroxylation is 2. The summed E-state index contributed by atoms with van der Waals surface area (Å²) in [7, 11) is 0.969. The Morgan fingerprint density at radius 3 is 2.25 bits per heavy atom. The fourth-order valence-electron chi connectivity index (χ4n) is 4.44. The second kappa shape index (κ2) is 9.03. The van der Waals surface area contributed by atoms with Crippen LogP contribution < -0.4 is 9.47 Å². The highest BCUT2D eigenvalue weighted by molar-refractivity contribution is 7.90. The van der Waals surface area contributed by atoms with Crippen LogP contribution in [0.2, 0.25) is 0 Å². The molecule has 5 aromatic rings. The average Bonchev–Trinajstić information content (AvgIpc) is 3.41. The first-order valence-corrected chi connectivity index (χ1v) is 13.3. The Labute approximate surface area is 218 Å². The van der Waals surface area contributed by atoms with E-state index in [2.05, 4.69) is 4.98 Å². The zero-order chi connectivity index (χ0) is 25.8. The molecule has 2 aromatic carbocycles. The molecule has 10 heteroatoms. The first kappa shape index (κ1) is 24.5. The van der Waals surface area contributed by atoms with Crippen molar-refractivity contribution in [2.24, 2.45) is 7.05 Å². The molecule has 36 heavy (non-hydrogen) atoms. The summed E-state index contributed by atoms with van der Waals surface area (Å²) in [6.07, 6.45) is 3.38. The van der Waals surface area contributed by atoms with Crippen molar-refractivity contribution < 1.29 is 17.9 Å². The van der Waals surface area contributed by atoms with E-state index < -0.39 is 14.9 Å². The highest BCUT2D eigenvalue weighted by Crippen LogP contribution is 2.42. The molecular weight excluding hydrogens is 521 g/mol. The zero-order valence-electron chi connectivity index (χ0n) is 20.0. The number of benzene rings is 2. The second-order valence-corrected chi connectivity index (χ2v) is 11.3. The van der Waals surface area contributed by atoms with Gasteiger partial charge in [-0.1, -0.05) is 17.7 Å². The van der Waals surface area contributed by atoms with E-state index in [4.69, 9.17) is 32.7 Å². The van der Waals surface area contributed by atoms with Crippen LogP contribution in [0.3, 0.4) is 0 Å². The largest absolute Gasteiger partial charge is 0.493 e. The van der Waals surface area contributed by atoms with Crippen molar-refractivity contribution in [3.63, 3.8) is 0 Å². The minimum absolute atomic E-state index is 0.145. The van der Waals surface area contributed by atoms with Gasteiger partial charge in [0.15, 0.2) is 17.1 Å². The van der Waals surface area contributed by atoms with E-state index >= 15 is 0 Å². The number of fused-ring (bicyclic) bond motifs is 2. The number of rotatable bonds is 6. The number of halogens is 2. The Morgan fingerprint density at radius 2 is 1.61 bits per heavy atom. The topological polar surface area (TPSA) is 75.4 Å². The van der Waals surface area contributed by atoms with Crippen LogP contribution in [-0.2, 0) is 17.1 Å². The predicted octanol–water partition coefficient (Wildman–Crippen LogP) is 6.23. The summed E-state index contributed by atoms with van der Waals surface area (Å²) < 4.78 is 42.3. The fourth-order valence-corrected chi connectivity index (χ4v) is 6.30. The summed E-state index contributed by atoms with van der Waals surface area (Å²) in [5.41, 5.74) is 3.71. The van der Waals surface area contributed by atoms with Crippen LogP contribution >= 0.6 is 23.2 Å². The third-order valence-corrected chi connectivity index (χ3v) is 8.45. The first-order chi connectivity index (χ1) is 17.2. The Kier molecular flexibility index (Phi) is 6.14. The molecule has 0 atom stereocenters. The Balaban J connectivity index is 1.90. The minimum atomic E-state index is -4.05. The van der Waals surface area contributed by atoms with Gasteiger partial charge in [-0.3, -0.25) is 0 Å². The maximum absolute atomic E-state index is 14.1. The third kappa shape index (κ3) is 3.80. The van der Waals surface area contributed by atoms with Gasteiger partial charge in [0.1, 0.15) is 4.84 Å². The van der Waals surface area contributed by atoms with Gasteiger partial charge >= 0.3 is 0 Å². The van der Waals surface area contributed by atoms with E-state index in [0.29, 0.717) is 33.7 Å². The van der Waals surface area contributed by atoms with Crippen LogP contribution in [0.1, 0.15) is 16.0 Å². The van der Waals surface area contributed by atoms with Crippen molar-refractivity contribution in [3.8, 4) is 22.8 Å². The first-order valence-electron chi connectivity index (χ1n) is 11.0. The summed E-state index contributed by atoms with van der Waals surface area (Å²) in [5, 5.41) is 1.34. The Bertz CT molecular complexity index is 1720. The molecule has 0 saturated carbocycles. The lowest BCUT2D eigenvalue weighted by Crippen LogP contribution is -2.14. The molecule has 3 heterocycles. The van der Waals surface area contributed by atoms with Crippen LogP contribution in [0.25, 0.3) is 33.2 Å². The van der Waals surface area contributed by atoms with Gasteiger partial charge in [-0.25, -0.2) is 17.4 Å². The van der Waals surface area contributed by atoms with E-state index in [9.17, 15) is 8.42 Å². The molecule has 0 radical (unpaired) electrons. The van der Waals surface area contributed by atoms with Gasteiger partial charge in [0.2, 0.25) is 0 Å². The quantitative estimate of drug-likeness (QED) is 0.237. The number of methoxy groups -OCH3 is 2. The molecule has 0 aliphatic rings. The van der Waals surface area contributed by atoms with Crippen LogP contribution in [0.4, 0.5) is 0 Å². The van der Waals surface area contributed by atoms with Crippen LogP contribution in [0.5, 0.6) is 11.5 Å². The molecular formula is C26H23Cl2N3O4S. The van der Waals surface area contributed by atoms with Crippen molar-refractivity contribution in [3.05, 3.63) is 72.1 Å². The molecule has 7 nitrogen and oxygen atoms in total. The van der Waals surface area contributed by atoms with Crippen LogP contribution in [-0.4, -0.2) is 36.2 Å². The molecule has 0 aliphatic heterocycles. The summed E-state index contributed by atoms with van der Waals surface area (Å²) in [4.78, 5) is 3.73. The van der Waals surface area contributed by atoms with Crippen molar-refractivity contribution >= 4 is 55.2 Å². The Morgan fingerprint density at radius 1 is 0.944 bits per heavy atom. The molecule has 0 saturated heterocycles. The highest BCUT2D eigenvalue weighted by Gasteiger charge is 2.28. The molecule has 186 valence electrons. The molecule has 0 amide bonds. The molecule has 0 bridgehead atoms. The maximum Gasteiger partial charge on any atom is 0.269 e. The van der Waals surface area contributed by atoms with Gasteiger partial charge in [-0.2, -0.15) is 0 Å². The Hall–Kier alpha value is -3.20. The van der Waals surface area contributed by atoms with Gasteiger partial charge in [0, 0.05) is 41.8 Å². The summed E-state index contributed by atoms with van der Waals surface area (Å²) in [6.45, 7) is 1.90. The summed E-state index contributed by atoms with van der Waals surface area (Å²) in [5.74, 6) is 1.10. The number of aromatic nitrogens is 3. The van der Waals surface area contributed by atoms with Gasteiger partial charge in [-0.15, -0.1) is 23.2 Å². The molecule has 0 N–H and O–H groups in total. The van der Waals surface area contributed by atoms with Gasteiger partial charge < -0.3 is 14.0 Å². The standard InChI is InChI=1S/C26H23Cl2N3O4S/c1-15-5-7-16(8-6-15)36(32,33)31-22(11-19-17(25(27)28)9-10-29-26(19)31)20-14-30(2)21-13-24(35-4)23(34-3)12-18(20)21/h5-14,25H,1-4H3. The fraction of sp³-hybridized carbons (Fsp3) is 0.192. The lowest BCUT2D eigenvalue weighted by atomic mass is 10.1. The van der Waals surface area contributed by atoms with Crippen LogP contribution in [0.15, 0.2) is 65.8 Å². The van der Waals surface area contributed by atoms with Crippen molar-refractivity contribution in [1.82, 2.24) is 13.5 Å². The predicted molar refractivity (Wildman–Crippen MR) is 143 cm³/mol. The van der Waals surface area contributed by atoms with Crippen molar-refractivity contribution in [1.29, 1.82) is 0 Å².